The number of amides is 2. The normalized spacial score (nSPS) is 16.4. The molecule has 1 aromatic carbocycles. The number of hydrogen-bond acceptors (Lipinski definition) is 7. The van der Waals surface area contributed by atoms with E-state index in [0.29, 0.717) is 13.1 Å². The van der Waals surface area contributed by atoms with Gasteiger partial charge in [0.25, 0.3) is 10.0 Å². The molecule has 2 aromatic rings. The second-order valence-electron chi connectivity index (χ2n) is 6.18. The number of anilines is 1. The minimum atomic E-state index is -3.81. The van der Waals surface area contributed by atoms with Gasteiger partial charge in [-0.15, -0.1) is 11.3 Å². The Morgan fingerprint density at radius 1 is 1.29 bits per heavy atom. The quantitative estimate of drug-likeness (QED) is 0.715. The van der Waals surface area contributed by atoms with Crippen LogP contribution in [-0.4, -0.2) is 56.3 Å². The number of phenolic OH excluding ortho intramolecular Hbond substituents is 1. The molecule has 1 aromatic heterocycles. The summed E-state index contributed by atoms with van der Waals surface area (Å²) in [5.41, 5.74) is 0.429. The summed E-state index contributed by atoms with van der Waals surface area (Å²) in [5, 5.41) is 12.1. The van der Waals surface area contributed by atoms with E-state index in [1.165, 1.54) is 23.1 Å². The fourth-order valence-corrected chi connectivity index (χ4v) is 4.91. The van der Waals surface area contributed by atoms with Crippen LogP contribution in [0.1, 0.15) is 5.56 Å². The number of ether oxygens (including phenoxy) is 2. The number of hydrogen-bond donors (Lipinski definition) is 2. The molecule has 0 unspecified atom stereocenters. The van der Waals surface area contributed by atoms with Gasteiger partial charge in [0, 0.05) is 31.9 Å². The molecule has 0 saturated carbocycles. The molecule has 3 heterocycles. The van der Waals surface area contributed by atoms with Crippen LogP contribution in [-0.2, 0) is 10.0 Å². The van der Waals surface area contributed by atoms with Gasteiger partial charge in [-0.25, -0.2) is 13.2 Å². The number of benzene rings is 1. The van der Waals surface area contributed by atoms with Crippen molar-refractivity contribution in [3.05, 3.63) is 35.3 Å². The Balaban J connectivity index is 1.69. The number of thiophene rings is 1. The number of nitrogens with one attached hydrogen (secondary N) is 1. The van der Waals surface area contributed by atoms with Crippen molar-refractivity contribution >= 4 is 39.2 Å². The van der Waals surface area contributed by atoms with Crippen molar-refractivity contribution in [3.8, 4) is 17.2 Å². The molecule has 0 atom stereocenters. The van der Waals surface area contributed by atoms with Crippen LogP contribution < -0.4 is 14.2 Å². The predicted molar refractivity (Wildman–Crippen MR) is 103 cm³/mol. The standard InChI is InChI=1S/C17H17N3O6S2/c1-19-6-7-20(17(19)22)5-4-11-9-12(15-16(14(11)21)26-10-25-15)18-28(23,24)13-3-2-8-27-13/h2-5,8-9,18,21H,6-7,10H2,1H3. The van der Waals surface area contributed by atoms with Crippen LogP contribution in [0, 0.1) is 0 Å². The number of phenols is 1. The number of urea groups is 1. The number of aromatic hydroxyl groups is 1. The summed E-state index contributed by atoms with van der Waals surface area (Å²) in [4.78, 5) is 15.1. The van der Waals surface area contributed by atoms with Crippen LogP contribution in [0.25, 0.3) is 6.08 Å². The minimum absolute atomic E-state index is 0.0518. The molecule has 0 spiro atoms. The van der Waals surface area contributed by atoms with Gasteiger partial charge in [0.2, 0.25) is 12.5 Å². The van der Waals surface area contributed by atoms with Crippen LogP contribution >= 0.6 is 11.3 Å². The number of fused-ring (bicyclic) bond motifs is 1. The fourth-order valence-electron chi connectivity index (χ4n) is 2.87. The highest BCUT2D eigenvalue weighted by Crippen LogP contribution is 2.48. The first-order valence-electron chi connectivity index (χ1n) is 8.28. The maximum Gasteiger partial charge on any atom is 0.323 e. The lowest BCUT2D eigenvalue weighted by molar-refractivity contribution is 0.171. The molecular formula is C17H17N3O6S2. The van der Waals surface area contributed by atoms with Crippen molar-refractivity contribution in [2.24, 2.45) is 0 Å². The van der Waals surface area contributed by atoms with Crippen molar-refractivity contribution in [3.63, 3.8) is 0 Å². The highest BCUT2D eigenvalue weighted by molar-refractivity contribution is 7.94. The van der Waals surface area contributed by atoms with Gasteiger partial charge >= 0.3 is 6.03 Å². The van der Waals surface area contributed by atoms with Gasteiger partial charge in [-0.2, -0.15) is 0 Å². The van der Waals surface area contributed by atoms with Crippen LogP contribution in [0.4, 0.5) is 10.5 Å². The molecule has 11 heteroatoms. The molecule has 28 heavy (non-hydrogen) atoms. The van der Waals surface area contributed by atoms with Crippen molar-refractivity contribution in [1.29, 1.82) is 0 Å². The summed E-state index contributed by atoms with van der Waals surface area (Å²) < 4.78 is 38.4. The first kappa shape index (κ1) is 18.4. The zero-order chi connectivity index (χ0) is 19.9. The molecule has 148 valence electrons. The van der Waals surface area contributed by atoms with E-state index >= 15 is 0 Å². The van der Waals surface area contributed by atoms with E-state index in [4.69, 9.17) is 9.47 Å². The maximum atomic E-state index is 12.6. The fraction of sp³-hybridized carbons (Fsp3) is 0.235. The number of likely N-dealkylation sites (N-methyl/N-ethyl adjacent to an activating group) is 1. The molecule has 2 amide bonds. The molecule has 0 radical (unpaired) electrons. The Bertz CT molecular complexity index is 1050. The van der Waals surface area contributed by atoms with E-state index < -0.39 is 10.0 Å². The van der Waals surface area contributed by atoms with Crippen LogP contribution in [0.3, 0.4) is 0 Å². The minimum Gasteiger partial charge on any atom is -0.504 e. The molecule has 0 bridgehead atoms. The molecule has 4 rings (SSSR count). The molecule has 1 saturated heterocycles. The predicted octanol–water partition coefficient (Wildman–Crippen LogP) is 2.32. The van der Waals surface area contributed by atoms with E-state index in [-0.39, 0.29) is 45.5 Å². The molecule has 2 N–H and O–H groups in total. The molecular weight excluding hydrogens is 406 g/mol. The number of rotatable bonds is 5. The van der Waals surface area contributed by atoms with Gasteiger partial charge in [0.05, 0.1) is 5.69 Å². The Kier molecular flexibility index (Phi) is 4.55. The highest BCUT2D eigenvalue weighted by atomic mass is 32.2. The molecule has 2 aliphatic rings. The van der Waals surface area contributed by atoms with Crippen LogP contribution in [0.15, 0.2) is 34.0 Å². The lowest BCUT2D eigenvalue weighted by Crippen LogP contribution is -2.25. The monoisotopic (exact) mass is 423 g/mol. The van der Waals surface area contributed by atoms with Gasteiger partial charge in [-0.05, 0) is 23.6 Å². The molecule has 0 aliphatic carbocycles. The van der Waals surface area contributed by atoms with E-state index in [1.54, 1.807) is 29.6 Å². The number of sulfonamides is 1. The van der Waals surface area contributed by atoms with Crippen molar-refractivity contribution in [2.45, 2.75) is 4.21 Å². The third-order valence-electron chi connectivity index (χ3n) is 4.33. The Hall–Kier alpha value is -2.92. The molecule has 1 fully saturated rings. The third kappa shape index (κ3) is 3.22. The topological polar surface area (TPSA) is 108 Å². The first-order valence-corrected chi connectivity index (χ1v) is 10.6. The molecule has 2 aliphatic heterocycles. The Morgan fingerprint density at radius 2 is 2.07 bits per heavy atom. The van der Waals surface area contributed by atoms with Gasteiger partial charge in [0.15, 0.2) is 11.5 Å². The number of carbonyl (C=O) groups excluding carboxylic acids is 1. The summed E-state index contributed by atoms with van der Waals surface area (Å²) in [7, 11) is -2.11. The summed E-state index contributed by atoms with van der Waals surface area (Å²) in [5.74, 6) is -0.0227. The van der Waals surface area contributed by atoms with Crippen molar-refractivity contribution in [2.75, 3.05) is 31.7 Å². The average Bonchev–Trinajstić information content (AvgIpc) is 3.40. The second kappa shape index (κ2) is 6.91. The van der Waals surface area contributed by atoms with E-state index in [1.807, 2.05) is 0 Å². The van der Waals surface area contributed by atoms with Crippen LogP contribution in [0.2, 0.25) is 0 Å². The van der Waals surface area contributed by atoms with Crippen LogP contribution in [0.5, 0.6) is 17.2 Å². The van der Waals surface area contributed by atoms with Crippen molar-refractivity contribution in [1.82, 2.24) is 9.80 Å². The summed E-state index contributed by atoms with van der Waals surface area (Å²) in [6.45, 7) is 0.983. The Labute approximate surface area is 165 Å². The zero-order valence-corrected chi connectivity index (χ0v) is 16.4. The second-order valence-corrected chi connectivity index (χ2v) is 9.03. The average molecular weight is 423 g/mol. The van der Waals surface area contributed by atoms with E-state index in [9.17, 15) is 18.3 Å². The smallest absolute Gasteiger partial charge is 0.323 e. The van der Waals surface area contributed by atoms with Gasteiger partial charge in [0.1, 0.15) is 4.21 Å². The first-order chi connectivity index (χ1) is 13.4. The Morgan fingerprint density at radius 3 is 2.75 bits per heavy atom. The lowest BCUT2D eigenvalue weighted by atomic mass is 10.1. The largest absolute Gasteiger partial charge is 0.504 e. The zero-order valence-electron chi connectivity index (χ0n) is 14.8. The SMILES string of the molecule is CN1CCN(C=Cc2cc(NS(=O)(=O)c3cccs3)c3c(c2O)OCO3)C1=O. The number of carbonyl (C=O) groups is 1. The van der Waals surface area contributed by atoms with E-state index in [0.717, 1.165) is 11.3 Å². The summed E-state index contributed by atoms with van der Waals surface area (Å²) >= 11 is 1.08. The van der Waals surface area contributed by atoms with Gasteiger partial charge in [-0.1, -0.05) is 6.07 Å². The third-order valence-corrected chi connectivity index (χ3v) is 7.10. The highest BCUT2D eigenvalue weighted by Gasteiger charge is 2.28. The van der Waals surface area contributed by atoms with Gasteiger partial charge < -0.3 is 19.5 Å². The number of nitrogens with zero attached hydrogens (tertiary/aromatic N) is 2. The van der Waals surface area contributed by atoms with Crippen molar-refractivity contribution < 1.29 is 27.8 Å². The summed E-state index contributed by atoms with van der Waals surface area (Å²) in [6, 6.07) is 4.41. The molecule has 9 nitrogen and oxygen atoms in total. The lowest BCUT2D eigenvalue weighted by Gasteiger charge is -2.13. The van der Waals surface area contributed by atoms with E-state index in [2.05, 4.69) is 4.72 Å². The maximum absolute atomic E-state index is 12.6. The summed E-state index contributed by atoms with van der Waals surface area (Å²) in [6.07, 6.45) is 3.07. The van der Waals surface area contributed by atoms with Gasteiger partial charge in [-0.3, -0.25) is 9.62 Å².